The van der Waals surface area contributed by atoms with Crippen LogP contribution < -0.4 is 16.0 Å². The van der Waals surface area contributed by atoms with Crippen LogP contribution in [0, 0.1) is 11.3 Å². The Bertz CT molecular complexity index is 423. The second-order valence-corrected chi connectivity index (χ2v) is 8.10. The molecule has 0 aliphatic heterocycles. The first-order chi connectivity index (χ1) is 11.5. The average molecular weight is 337 g/mol. The largest absolute Gasteiger partial charge is 0.356 e. The molecular formula is C19H36N4O. The van der Waals surface area contributed by atoms with Crippen LogP contribution in [0.4, 0.5) is 0 Å². The molecule has 24 heavy (non-hydrogen) atoms. The van der Waals surface area contributed by atoms with Crippen LogP contribution in [-0.4, -0.2) is 38.0 Å². The summed E-state index contributed by atoms with van der Waals surface area (Å²) in [6.07, 6.45) is 10.5. The van der Waals surface area contributed by atoms with E-state index in [2.05, 4.69) is 34.8 Å². The number of nitrogens with zero attached hydrogens (tertiary/aromatic N) is 1. The Morgan fingerprint density at radius 2 is 1.88 bits per heavy atom. The molecule has 0 aromatic heterocycles. The van der Waals surface area contributed by atoms with E-state index in [1.54, 1.807) is 7.05 Å². The number of carbonyl (C=O) groups excluding carboxylic acids is 1. The Morgan fingerprint density at radius 3 is 2.42 bits per heavy atom. The molecule has 2 aliphatic rings. The highest BCUT2D eigenvalue weighted by Gasteiger charge is 2.37. The quantitative estimate of drug-likeness (QED) is 0.472. The normalized spacial score (nSPS) is 20.8. The van der Waals surface area contributed by atoms with E-state index in [9.17, 15) is 4.79 Å². The van der Waals surface area contributed by atoms with E-state index in [-0.39, 0.29) is 5.91 Å². The highest BCUT2D eigenvalue weighted by molar-refractivity contribution is 5.81. The Balaban J connectivity index is 1.64. The molecule has 5 nitrogen and oxygen atoms in total. The molecule has 0 spiro atoms. The van der Waals surface area contributed by atoms with Gasteiger partial charge in [-0.2, -0.15) is 0 Å². The molecule has 0 atom stereocenters. The third kappa shape index (κ3) is 5.99. The summed E-state index contributed by atoms with van der Waals surface area (Å²) in [5.74, 6) is 1.71. The monoisotopic (exact) mass is 336 g/mol. The van der Waals surface area contributed by atoms with Gasteiger partial charge < -0.3 is 16.0 Å². The van der Waals surface area contributed by atoms with Gasteiger partial charge in [-0.15, -0.1) is 0 Å². The average Bonchev–Trinajstić information content (AvgIpc) is 3.00. The van der Waals surface area contributed by atoms with Gasteiger partial charge in [0, 0.05) is 32.6 Å². The lowest BCUT2D eigenvalue weighted by Crippen LogP contribution is -2.47. The fraction of sp³-hybridized carbons (Fsp3) is 0.895. The lowest BCUT2D eigenvalue weighted by atomic mass is 9.64. The molecule has 2 fully saturated rings. The van der Waals surface area contributed by atoms with Gasteiger partial charge in [0.1, 0.15) is 0 Å². The van der Waals surface area contributed by atoms with E-state index in [0.717, 1.165) is 31.3 Å². The minimum absolute atomic E-state index is 0.153. The van der Waals surface area contributed by atoms with Crippen LogP contribution in [0.2, 0.25) is 0 Å². The zero-order valence-corrected chi connectivity index (χ0v) is 15.8. The first-order valence-electron chi connectivity index (χ1n) is 9.77. The van der Waals surface area contributed by atoms with E-state index < -0.39 is 0 Å². The summed E-state index contributed by atoms with van der Waals surface area (Å²) in [5.41, 5.74) is 0.450. The van der Waals surface area contributed by atoms with Gasteiger partial charge in [-0.05, 0) is 43.4 Å². The summed E-state index contributed by atoms with van der Waals surface area (Å²) in [7, 11) is 1.80. The summed E-state index contributed by atoms with van der Waals surface area (Å²) < 4.78 is 0. The van der Waals surface area contributed by atoms with Crippen LogP contribution in [0.25, 0.3) is 0 Å². The third-order valence-electron chi connectivity index (χ3n) is 5.47. The van der Waals surface area contributed by atoms with Crippen molar-refractivity contribution < 1.29 is 4.79 Å². The molecule has 3 N–H and O–H groups in total. The van der Waals surface area contributed by atoms with Crippen molar-refractivity contribution in [2.45, 2.75) is 77.7 Å². The molecule has 0 aromatic carbocycles. The summed E-state index contributed by atoms with van der Waals surface area (Å²) in [4.78, 5) is 16.2. The number of hydrogen-bond donors (Lipinski definition) is 3. The highest BCUT2D eigenvalue weighted by Crippen LogP contribution is 2.45. The number of rotatable bonds is 8. The van der Waals surface area contributed by atoms with Crippen LogP contribution in [0.15, 0.2) is 4.99 Å². The zero-order chi connectivity index (χ0) is 17.4. The number of aliphatic imine (C=N–C) groups is 1. The van der Waals surface area contributed by atoms with Gasteiger partial charge >= 0.3 is 0 Å². The van der Waals surface area contributed by atoms with E-state index in [0.29, 0.717) is 24.4 Å². The standard InChI is InChI=1S/C19H36N4O/c1-15(2)13-19(10-6-11-19)14-22-18(20-3)21-12-9-17(24)23-16-7-4-5-8-16/h15-16H,4-14H2,1-3H3,(H,23,24)(H2,20,21,22). The molecule has 0 bridgehead atoms. The van der Waals surface area contributed by atoms with Crippen molar-refractivity contribution in [1.29, 1.82) is 0 Å². The third-order valence-corrected chi connectivity index (χ3v) is 5.47. The molecule has 0 unspecified atom stereocenters. The first-order valence-corrected chi connectivity index (χ1v) is 9.77. The van der Waals surface area contributed by atoms with E-state index in [1.807, 2.05) is 0 Å². The van der Waals surface area contributed by atoms with Crippen LogP contribution in [0.1, 0.15) is 71.6 Å². The molecule has 0 saturated heterocycles. The Morgan fingerprint density at radius 1 is 1.17 bits per heavy atom. The minimum atomic E-state index is 0.153. The zero-order valence-electron chi connectivity index (χ0n) is 15.8. The smallest absolute Gasteiger partial charge is 0.221 e. The maximum atomic E-state index is 12.0. The second kappa shape index (κ2) is 9.28. The number of carbonyl (C=O) groups is 1. The predicted molar refractivity (Wildman–Crippen MR) is 100 cm³/mol. The van der Waals surface area contributed by atoms with Gasteiger partial charge in [-0.3, -0.25) is 9.79 Å². The molecular weight excluding hydrogens is 300 g/mol. The topological polar surface area (TPSA) is 65.5 Å². The first kappa shape index (κ1) is 19.1. The second-order valence-electron chi connectivity index (χ2n) is 8.10. The fourth-order valence-corrected chi connectivity index (χ4v) is 4.15. The van der Waals surface area contributed by atoms with Gasteiger partial charge in [0.15, 0.2) is 5.96 Å². The maximum absolute atomic E-state index is 12.0. The summed E-state index contributed by atoms with van der Waals surface area (Å²) in [6, 6.07) is 0.407. The van der Waals surface area contributed by atoms with Crippen LogP contribution in [0.3, 0.4) is 0 Å². The summed E-state index contributed by atoms with van der Waals surface area (Å²) >= 11 is 0. The van der Waals surface area contributed by atoms with Crippen LogP contribution in [0.5, 0.6) is 0 Å². The number of nitrogens with one attached hydrogen (secondary N) is 3. The number of guanidine groups is 1. The molecule has 0 heterocycles. The van der Waals surface area contributed by atoms with Crippen molar-refractivity contribution in [2.24, 2.45) is 16.3 Å². The molecule has 0 aromatic rings. The van der Waals surface area contributed by atoms with Crippen molar-refractivity contribution in [3.05, 3.63) is 0 Å². The summed E-state index contributed by atoms with van der Waals surface area (Å²) in [6.45, 7) is 6.22. The predicted octanol–water partition coefficient (Wildman–Crippen LogP) is 2.82. The van der Waals surface area contributed by atoms with Crippen LogP contribution >= 0.6 is 0 Å². The molecule has 2 rings (SSSR count). The van der Waals surface area contributed by atoms with Gasteiger partial charge in [0.2, 0.25) is 5.91 Å². The number of amides is 1. The van der Waals surface area contributed by atoms with Gasteiger partial charge in [0.25, 0.3) is 0 Å². The molecule has 2 saturated carbocycles. The van der Waals surface area contributed by atoms with Gasteiger partial charge in [0.05, 0.1) is 0 Å². The Kier molecular flexibility index (Phi) is 7.38. The van der Waals surface area contributed by atoms with Crippen molar-refractivity contribution in [3.63, 3.8) is 0 Å². The van der Waals surface area contributed by atoms with Gasteiger partial charge in [-0.25, -0.2) is 0 Å². The Labute approximate surface area is 147 Å². The van der Waals surface area contributed by atoms with Crippen molar-refractivity contribution in [3.8, 4) is 0 Å². The lowest BCUT2D eigenvalue weighted by molar-refractivity contribution is -0.121. The van der Waals surface area contributed by atoms with Gasteiger partial charge in [-0.1, -0.05) is 33.1 Å². The molecule has 5 heteroatoms. The summed E-state index contributed by atoms with van der Waals surface area (Å²) in [5, 5.41) is 9.88. The molecule has 2 aliphatic carbocycles. The minimum Gasteiger partial charge on any atom is -0.356 e. The van der Waals surface area contributed by atoms with E-state index in [1.165, 1.54) is 38.5 Å². The van der Waals surface area contributed by atoms with E-state index >= 15 is 0 Å². The maximum Gasteiger partial charge on any atom is 0.221 e. The molecule has 0 radical (unpaired) electrons. The number of hydrogen-bond acceptors (Lipinski definition) is 2. The van der Waals surface area contributed by atoms with E-state index in [4.69, 9.17) is 0 Å². The fourth-order valence-electron chi connectivity index (χ4n) is 4.15. The molecule has 1 amide bonds. The van der Waals surface area contributed by atoms with Crippen molar-refractivity contribution in [2.75, 3.05) is 20.1 Å². The molecule has 138 valence electrons. The lowest BCUT2D eigenvalue weighted by Gasteiger charge is -2.43. The Hall–Kier alpha value is -1.26. The van der Waals surface area contributed by atoms with Crippen LogP contribution in [-0.2, 0) is 4.79 Å². The SMILES string of the molecule is CN=C(NCCC(=O)NC1CCCC1)NCC1(CC(C)C)CCC1. The van der Waals surface area contributed by atoms with Crippen molar-refractivity contribution in [1.82, 2.24) is 16.0 Å². The highest BCUT2D eigenvalue weighted by atomic mass is 16.1. The van der Waals surface area contributed by atoms with Crippen molar-refractivity contribution >= 4 is 11.9 Å².